The molecule has 3 nitrogen and oxygen atoms in total. The molecule has 3 rings (SSSR count). The maximum absolute atomic E-state index is 9.51. The molecule has 0 aromatic heterocycles. The Kier molecular flexibility index (Phi) is 6.76. The molecule has 0 amide bonds. The minimum atomic E-state index is -0.355. The lowest BCUT2D eigenvalue weighted by Crippen LogP contribution is -2.40. The first kappa shape index (κ1) is 19.9. The van der Waals surface area contributed by atoms with Crippen LogP contribution in [0.5, 0.6) is 0 Å². The van der Waals surface area contributed by atoms with E-state index in [1.54, 1.807) is 18.2 Å². The summed E-state index contributed by atoms with van der Waals surface area (Å²) >= 11 is 0. The van der Waals surface area contributed by atoms with Gasteiger partial charge in [0.2, 0.25) is 0 Å². The van der Waals surface area contributed by atoms with E-state index >= 15 is 0 Å². The maximum Gasteiger partial charge on any atom is 0.0611 e. The second-order valence-electron chi connectivity index (χ2n) is 8.93. The molecule has 1 fully saturated rings. The Morgan fingerprint density at radius 1 is 1.27 bits per heavy atom. The first-order valence-electron chi connectivity index (χ1n) is 10.6. The second kappa shape index (κ2) is 8.86. The van der Waals surface area contributed by atoms with Crippen molar-refractivity contribution in [2.24, 2.45) is 11.7 Å². The summed E-state index contributed by atoms with van der Waals surface area (Å²) in [5.41, 5.74) is 10.5. The number of aliphatic hydroxyl groups excluding tert-OH is 1. The van der Waals surface area contributed by atoms with Gasteiger partial charge in [-0.3, -0.25) is 0 Å². The van der Waals surface area contributed by atoms with E-state index in [2.05, 4.69) is 25.1 Å². The number of methoxy groups -OCH3 is 1. The van der Waals surface area contributed by atoms with Crippen LogP contribution in [0.3, 0.4) is 0 Å². The molecule has 1 unspecified atom stereocenters. The molecule has 0 saturated heterocycles. The molecule has 4 atom stereocenters. The second-order valence-corrected chi connectivity index (χ2v) is 8.93. The Labute approximate surface area is 159 Å². The Hall–Kier alpha value is -0.900. The third kappa shape index (κ3) is 4.88. The van der Waals surface area contributed by atoms with Gasteiger partial charge >= 0.3 is 0 Å². The van der Waals surface area contributed by atoms with Gasteiger partial charge in [-0.2, -0.15) is 0 Å². The molecule has 2 aliphatic rings. The third-order valence-corrected chi connectivity index (χ3v) is 6.87. The Balaban J connectivity index is 1.51. The lowest BCUT2D eigenvalue weighted by atomic mass is 9.79. The van der Waals surface area contributed by atoms with Gasteiger partial charge < -0.3 is 15.6 Å². The molecule has 0 radical (unpaired) electrons. The van der Waals surface area contributed by atoms with Crippen LogP contribution in [0.25, 0.3) is 0 Å². The minimum absolute atomic E-state index is 0.110. The predicted molar refractivity (Wildman–Crippen MR) is 107 cm³/mol. The molecule has 1 saturated carbocycles. The maximum atomic E-state index is 9.51. The normalized spacial score (nSPS) is 29.5. The first-order chi connectivity index (χ1) is 12.5. The zero-order valence-corrected chi connectivity index (χ0v) is 16.7. The predicted octanol–water partition coefficient (Wildman–Crippen LogP) is 4.34. The van der Waals surface area contributed by atoms with Crippen molar-refractivity contribution in [1.29, 1.82) is 0 Å². The zero-order valence-electron chi connectivity index (χ0n) is 16.7. The van der Waals surface area contributed by atoms with E-state index in [0.717, 1.165) is 25.2 Å². The van der Waals surface area contributed by atoms with Crippen molar-refractivity contribution in [1.82, 2.24) is 0 Å². The molecule has 1 aromatic rings. The van der Waals surface area contributed by atoms with Crippen LogP contribution in [0.4, 0.5) is 0 Å². The summed E-state index contributed by atoms with van der Waals surface area (Å²) < 4.78 is 5.34. The fourth-order valence-corrected chi connectivity index (χ4v) is 4.92. The van der Waals surface area contributed by atoms with Crippen molar-refractivity contribution in [3.05, 3.63) is 34.9 Å². The number of fused-ring (bicyclic) bond motifs is 1. The van der Waals surface area contributed by atoms with E-state index in [4.69, 9.17) is 10.5 Å². The van der Waals surface area contributed by atoms with E-state index in [0.29, 0.717) is 12.0 Å². The number of nitrogens with two attached hydrogens (primary N) is 1. The van der Waals surface area contributed by atoms with Gasteiger partial charge in [-0.05, 0) is 80.4 Å². The van der Waals surface area contributed by atoms with Crippen molar-refractivity contribution < 1.29 is 9.84 Å². The summed E-state index contributed by atoms with van der Waals surface area (Å²) in [6, 6.07) is 7.15. The van der Waals surface area contributed by atoms with Gasteiger partial charge in [-0.1, -0.05) is 37.5 Å². The average molecular weight is 360 g/mol. The van der Waals surface area contributed by atoms with Crippen molar-refractivity contribution in [2.45, 2.75) is 88.7 Å². The van der Waals surface area contributed by atoms with Crippen LogP contribution in [0.2, 0.25) is 0 Å². The van der Waals surface area contributed by atoms with E-state index in [9.17, 15) is 5.11 Å². The van der Waals surface area contributed by atoms with Crippen LogP contribution in [0, 0.1) is 5.92 Å². The molecular formula is C23H37NO2. The standard InChI is InChI=1S/C23H37NO2/c1-17(26-2)5-3-4-6-18-7-8-20-14-21(10-9-19(20)13-18)22-11-12-23(24,15-22)16-25/h9-10,14,17-18,22,25H,3-8,11-13,15-16,24H2,1-2H3/t17?,18-,22-,23-/m0/s1. The molecule has 0 aliphatic heterocycles. The highest BCUT2D eigenvalue weighted by Crippen LogP contribution is 2.40. The van der Waals surface area contributed by atoms with Gasteiger partial charge in [0, 0.05) is 12.6 Å². The minimum Gasteiger partial charge on any atom is -0.394 e. The molecule has 146 valence electrons. The molecule has 2 aliphatic carbocycles. The SMILES string of the molecule is COC(C)CCCC[C@H]1CCc2cc([C@H]3CC[C@@](N)(CO)C3)ccc2C1. The fourth-order valence-electron chi connectivity index (χ4n) is 4.92. The number of rotatable bonds is 8. The van der Waals surface area contributed by atoms with Crippen LogP contribution < -0.4 is 5.73 Å². The van der Waals surface area contributed by atoms with Crippen LogP contribution in [-0.4, -0.2) is 30.5 Å². The molecule has 1 aromatic carbocycles. The van der Waals surface area contributed by atoms with Gasteiger partial charge in [-0.15, -0.1) is 0 Å². The van der Waals surface area contributed by atoms with E-state index in [1.165, 1.54) is 50.5 Å². The summed E-state index contributed by atoms with van der Waals surface area (Å²) in [5, 5.41) is 9.51. The lowest BCUT2D eigenvalue weighted by Gasteiger charge is -2.26. The van der Waals surface area contributed by atoms with E-state index < -0.39 is 0 Å². The molecule has 3 N–H and O–H groups in total. The summed E-state index contributed by atoms with van der Waals surface area (Å²) in [6.45, 7) is 2.27. The van der Waals surface area contributed by atoms with E-state index in [1.807, 2.05) is 0 Å². The van der Waals surface area contributed by atoms with Gasteiger partial charge in [0.05, 0.1) is 12.7 Å². The topological polar surface area (TPSA) is 55.5 Å². The third-order valence-electron chi connectivity index (χ3n) is 6.87. The highest BCUT2D eigenvalue weighted by Gasteiger charge is 2.36. The van der Waals surface area contributed by atoms with Crippen LogP contribution >= 0.6 is 0 Å². The Morgan fingerprint density at radius 2 is 2.12 bits per heavy atom. The molecule has 26 heavy (non-hydrogen) atoms. The number of aliphatic hydroxyl groups is 1. The van der Waals surface area contributed by atoms with Gasteiger partial charge in [0.25, 0.3) is 0 Å². The molecule has 0 bridgehead atoms. The fraction of sp³-hybridized carbons (Fsp3) is 0.739. The smallest absolute Gasteiger partial charge is 0.0611 e. The Bertz CT molecular complexity index is 588. The number of benzene rings is 1. The van der Waals surface area contributed by atoms with Crippen molar-refractivity contribution in [2.75, 3.05) is 13.7 Å². The number of hydrogen-bond acceptors (Lipinski definition) is 3. The van der Waals surface area contributed by atoms with Crippen molar-refractivity contribution >= 4 is 0 Å². The monoisotopic (exact) mass is 359 g/mol. The average Bonchev–Trinajstić information content (AvgIpc) is 3.07. The lowest BCUT2D eigenvalue weighted by molar-refractivity contribution is 0.108. The van der Waals surface area contributed by atoms with Crippen molar-refractivity contribution in [3.8, 4) is 0 Å². The molecule has 3 heteroatoms. The van der Waals surface area contributed by atoms with E-state index in [-0.39, 0.29) is 12.1 Å². The van der Waals surface area contributed by atoms with Gasteiger partial charge in [0.1, 0.15) is 0 Å². The Morgan fingerprint density at radius 3 is 2.85 bits per heavy atom. The summed E-state index contributed by atoms with van der Waals surface area (Å²) in [7, 11) is 1.81. The molecule has 0 spiro atoms. The van der Waals surface area contributed by atoms with Crippen LogP contribution in [0.1, 0.15) is 80.9 Å². The van der Waals surface area contributed by atoms with Gasteiger partial charge in [0.15, 0.2) is 0 Å². The number of aryl methyl sites for hydroxylation is 1. The number of hydrogen-bond donors (Lipinski definition) is 2. The van der Waals surface area contributed by atoms with Crippen LogP contribution in [-0.2, 0) is 17.6 Å². The quantitative estimate of drug-likeness (QED) is 0.679. The highest BCUT2D eigenvalue weighted by atomic mass is 16.5. The number of unbranched alkanes of at least 4 members (excludes halogenated alkanes) is 1. The van der Waals surface area contributed by atoms with Crippen molar-refractivity contribution in [3.63, 3.8) is 0 Å². The molecule has 0 heterocycles. The largest absolute Gasteiger partial charge is 0.394 e. The summed E-state index contributed by atoms with van der Waals surface area (Å²) in [6.07, 6.45) is 12.3. The zero-order chi connectivity index (χ0) is 18.6. The summed E-state index contributed by atoms with van der Waals surface area (Å²) in [4.78, 5) is 0. The summed E-state index contributed by atoms with van der Waals surface area (Å²) in [5.74, 6) is 1.38. The van der Waals surface area contributed by atoms with Gasteiger partial charge in [-0.25, -0.2) is 0 Å². The first-order valence-corrected chi connectivity index (χ1v) is 10.6. The highest BCUT2D eigenvalue weighted by molar-refractivity contribution is 5.36. The number of ether oxygens (including phenoxy) is 1. The molecular weight excluding hydrogens is 322 g/mol. The van der Waals surface area contributed by atoms with Crippen LogP contribution in [0.15, 0.2) is 18.2 Å².